The lowest BCUT2D eigenvalue weighted by Gasteiger charge is -2.19. The van der Waals surface area contributed by atoms with Crippen molar-refractivity contribution in [2.45, 2.75) is 43.3 Å². The second-order valence-electron chi connectivity index (χ2n) is 4.40. The molecular formula is C12H25NO2S. The fraction of sp³-hybridized carbons (Fsp3) is 1.00. The Morgan fingerprint density at radius 2 is 2.38 bits per heavy atom. The molecule has 0 aromatic carbocycles. The van der Waals surface area contributed by atoms with Crippen LogP contribution in [0.3, 0.4) is 0 Å². The average molecular weight is 247 g/mol. The van der Waals surface area contributed by atoms with E-state index < -0.39 is 0 Å². The molecule has 1 fully saturated rings. The summed E-state index contributed by atoms with van der Waals surface area (Å²) in [6, 6.07) is 0. The summed E-state index contributed by atoms with van der Waals surface area (Å²) in [7, 11) is 1.75. The normalized spacial score (nSPS) is 27.2. The van der Waals surface area contributed by atoms with Crippen LogP contribution < -0.4 is 5.32 Å². The van der Waals surface area contributed by atoms with Crippen molar-refractivity contribution in [1.82, 2.24) is 5.32 Å². The van der Waals surface area contributed by atoms with Crippen LogP contribution in [0.4, 0.5) is 0 Å². The highest BCUT2D eigenvalue weighted by atomic mass is 32.2. The van der Waals surface area contributed by atoms with Crippen LogP contribution in [0.1, 0.15) is 26.7 Å². The zero-order valence-electron chi connectivity index (χ0n) is 10.7. The Balaban J connectivity index is 1.99. The van der Waals surface area contributed by atoms with Crippen LogP contribution in [0, 0.1) is 0 Å². The highest BCUT2D eigenvalue weighted by Crippen LogP contribution is 2.29. The Hall–Kier alpha value is 0.230. The molecule has 3 unspecified atom stereocenters. The van der Waals surface area contributed by atoms with Gasteiger partial charge in [0.15, 0.2) is 0 Å². The van der Waals surface area contributed by atoms with Crippen molar-refractivity contribution < 1.29 is 9.47 Å². The lowest BCUT2D eigenvalue weighted by molar-refractivity contribution is 0.127. The molecule has 1 aliphatic rings. The van der Waals surface area contributed by atoms with Crippen LogP contribution in [0.25, 0.3) is 0 Å². The molecule has 0 aromatic rings. The summed E-state index contributed by atoms with van der Waals surface area (Å²) in [6.45, 7) is 8.39. The minimum atomic E-state index is 0.431. The Labute approximate surface area is 104 Å². The molecule has 1 aliphatic heterocycles. The van der Waals surface area contributed by atoms with Gasteiger partial charge in [0.2, 0.25) is 0 Å². The summed E-state index contributed by atoms with van der Waals surface area (Å²) in [6.07, 6.45) is 2.73. The van der Waals surface area contributed by atoms with Gasteiger partial charge in [-0.1, -0.05) is 6.92 Å². The first-order chi connectivity index (χ1) is 7.74. The number of methoxy groups -OCH3 is 1. The van der Waals surface area contributed by atoms with Crippen molar-refractivity contribution in [2.24, 2.45) is 0 Å². The zero-order chi connectivity index (χ0) is 11.8. The average Bonchev–Trinajstić information content (AvgIpc) is 2.64. The molecule has 0 aliphatic carbocycles. The number of rotatable bonds is 8. The van der Waals surface area contributed by atoms with Crippen molar-refractivity contribution >= 4 is 11.8 Å². The molecule has 0 aromatic heterocycles. The van der Waals surface area contributed by atoms with Crippen molar-refractivity contribution in [1.29, 1.82) is 0 Å². The van der Waals surface area contributed by atoms with Gasteiger partial charge in [0, 0.05) is 37.4 Å². The van der Waals surface area contributed by atoms with Gasteiger partial charge in [0.05, 0.1) is 6.10 Å². The van der Waals surface area contributed by atoms with Gasteiger partial charge in [-0.2, -0.15) is 11.8 Å². The summed E-state index contributed by atoms with van der Waals surface area (Å²) >= 11 is 2.06. The Bertz CT molecular complexity index is 180. The van der Waals surface area contributed by atoms with Crippen molar-refractivity contribution in [3.63, 3.8) is 0 Å². The number of nitrogens with one attached hydrogen (secondary N) is 1. The number of thioether (sulfide) groups is 1. The largest absolute Gasteiger partial charge is 0.385 e. The highest BCUT2D eigenvalue weighted by Gasteiger charge is 2.26. The second-order valence-corrected chi connectivity index (χ2v) is 6.08. The fourth-order valence-electron chi connectivity index (χ4n) is 1.88. The summed E-state index contributed by atoms with van der Waals surface area (Å²) in [5, 5.41) is 4.82. The van der Waals surface area contributed by atoms with Crippen LogP contribution in [0.2, 0.25) is 0 Å². The van der Waals surface area contributed by atoms with Gasteiger partial charge >= 0.3 is 0 Å². The van der Waals surface area contributed by atoms with Gasteiger partial charge in [-0.3, -0.25) is 0 Å². The van der Waals surface area contributed by atoms with Crippen LogP contribution >= 0.6 is 11.8 Å². The Morgan fingerprint density at radius 1 is 1.56 bits per heavy atom. The minimum Gasteiger partial charge on any atom is -0.385 e. The Kier molecular flexibility index (Phi) is 7.45. The van der Waals surface area contributed by atoms with E-state index in [-0.39, 0.29) is 0 Å². The molecule has 0 radical (unpaired) electrons. The molecular weight excluding hydrogens is 222 g/mol. The van der Waals surface area contributed by atoms with E-state index in [1.807, 2.05) is 0 Å². The van der Waals surface area contributed by atoms with Crippen molar-refractivity contribution in [2.75, 3.05) is 33.4 Å². The summed E-state index contributed by atoms with van der Waals surface area (Å²) in [4.78, 5) is 0. The summed E-state index contributed by atoms with van der Waals surface area (Å²) in [5.74, 6) is 0. The van der Waals surface area contributed by atoms with Gasteiger partial charge in [-0.15, -0.1) is 0 Å². The third-order valence-electron chi connectivity index (χ3n) is 2.85. The van der Waals surface area contributed by atoms with E-state index in [1.54, 1.807) is 7.11 Å². The first-order valence-corrected chi connectivity index (χ1v) is 7.15. The summed E-state index contributed by atoms with van der Waals surface area (Å²) in [5.41, 5.74) is 0. The lowest BCUT2D eigenvalue weighted by Crippen LogP contribution is -2.27. The molecule has 4 heteroatoms. The van der Waals surface area contributed by atoms with Crippen LogP contribution in [-0.2, 0) is 9.47 Å². The van der Waals surface area contributed by atoms with E-state index in [0.29, 0.717) is 16.6 Å². The van der Waals surface area contributed by atoms with E-state index in [4.69, 9.17) is 9.47 Å². The molecule has 0 bridgehead atoms. The van der Waals surface area contributed by atoms with E-state index in [1.165, 1.54) is 6.42 Å². The van der Waals surface area contributed by atoms with E-state index in [2.05, 4.69) is 30.9 Å². The first-order valence-electron chi connectivity index (χ1n) is 6.20. The lowest BCUT2D eigenvalue weighted by atomic mass is 10.3. The van der Waals surface area contributed by atoms with E-state index >= 15 is 0 Å². The number of hydrogen-bond donors (Lipinski definition) is 1. The topological polar surface area (TPSA) is 30.5 Å². The molecule has 1 N–H and O–H groups in total. The second kappa shape index (κ2) is 8.34. The van der Waals surface area contributed by atoms with E-state index in [0.717, 1.165) is 32.7 Å². The standard InChI is InChI=1S/C12H25NO2S/c1-10(9-13-6-4-7-14-3)16-12-5-8-15-11(12)2/h10-13H,4-9H2,1-3H3. The molecule has 1 rings (SSSR count). The zero-order valence-corrected chi connectivity index (χ0v) is 11.5. The maximum atomic E-state index is 5.57. The monoisotopic (exact) mass is 247 g/mol. The maximum absolute atomic E-state index is 5.57. The van der Waals surface area contributed by atoms with Crippen LogP contribution in [0.5, 0.6) is 0 Å². The molecule has 1 saturated heterocycles. The molecule has 1 heterocycles. The van der Waals surface area contributed by atoms with Gasteiger partial charge in [0.25, 0.3) is 0 Å². The van der Waals surface area contributed by atoms with Gasteiger partial charge in [-0.25, -0.2) is 0 Å². The maximum Gasteiger partial charge on any atom is 0.0666 e. The number of hydrogen-bond acceptors (Lipinski definition) is 4. The smallest absolute Gasteiger partial charge is 0.0666 e. The SMILES string of the molecule is COCCCNCC(C)SC1CCOC1C. The van der Waals surface area contributed by atoms with Crippen LogP contribution in [-0.4, -0.2) is 50.0 Å². The van der Waals surface area contributed by atoms with Gasteiger partial charge < -0.3 is 14.8 Å². The predicted molar refractivity (Wildman–Crippen MR) is 70.2 cm³/mol. The molecule has 0 spiro atoms. The molecule has 3 nitrogen and oxygen atoms in total. The van der Waals surface area contributed by atoms with Gasteiger partial charge in [-0.05, 0) is 26.3 Å². The molecule has 0 saturated carbocycles. The van der Waals surface area contributed by atoms with Crippen molar-refractivity contribution in [3.8, 4) is 0 Å². The predicted octanol–water partition coefficient (Wildman–Crippen LogP) is 1.91. The fourth-order valence-corrected chi connectivity index (χ4v) is 3.23. The Morgan fingerprint density at radius 3 is 3.00 bits per heavy atom. The molecule has 16 heavy (non-hydrogen) atoms. The molecule has 96 valence electrons. The first kappa shape index (κ1) is 14.3. The van der Waals surface area contributed by atoms with Gasteiger partial charge in [0.1, 0.15) is 0 Å². The van der Waals surface area contributed by atoms with E-state index in [9.17, 15) is 0 Å². The minimum absolute atomic E-state index is 0.431. The third-order valence-corrected chi connectivity index (χ3v) is 4.45. The quantitative estimate of drug-likeness (QED) is 0.664. The molecule has 3 atom stereocenters. The van der Waals surface area contributed by atoms with Crippen molar-refractivity contribution in [3.05, 3.63) is 0 Å². The van der Waals surface area contributed by atoms with Crippen LogP contribution in [0.15, 0.2) is 0 Å². The number of ether oxygens (including phenoxy) is 2. The third kappa shape index (κ3) is 5.53. The molecule has 0 amide bonds. The highest BCUT2D eigenvalue weighted by molar-refractivity contribution is 8.00. The summed E-state index contributed by atoms with van der Waals surface area (Å²) < 4.78 is 10.6.